The molecule has 1 saturated carbocycles. The van der Waals surface area contributed by atoms with Gasteiger partial charge >= 0.3 is 0 Å². The summed E-state index contributed by atoms with van der Waals surface area (Å²) in [5.74, 6) is 0.681. The van der Waals surface area contributed by atoms with E-state index in [9.17, 15) is 4.39 Å². The third-order valence-electron chi connectivity index (χ3n) is 3.30. The summed E-state index contributed by atoms with van der Waals surface area (Å²) >= 11 is 0. The predicted octanol–water partition coefficient (Wildman–Crippen LogP) is 2.63. The van der Waals surface area contributed by atoms with Gasteiger partial charge in [-0.2, -0.15) is 0 Å². The maximum Gasteiger partial charge on any atom is 0.119 e. The largest absolute Gasteiger partial charge is 0.497 e. The molecule has 0 bridgehead atoms. The number of alkyl halides is 1. The Balaban J connectivity index is 2.12. The van der Waals surface area contributed by atoms with E-state index < -0.39 is 0 Å². The number of methoxy groups -OCH3 is 1. The van der Waals surface area contributed by atoms with E-state index in [1.54, 1.807) is 7.11 Å². The van der Waals surface area contributed by atoms with E-state index in [4.69, 9.17) is 10.5 Å². The normalized spacial score (nSPS) is 19.2. The van der Waals surface area contributed by atoms with Crippen LogP contribution >= 0.6 is 0 Å². The molecule has 1 atom stereocenters. The van der Waals surface area contributed by atoms with Gasteiger partial charge in [-0.25, -0.2) is 0 Å². The summed E-state index contributed by atoms with van der Waals surface area (Å²) in [5, 5.41) is 0. The number of hydrogen-bond acceptors (Lipinski definition) is 2. The van der Waals surface area contributed by atoms with Gasteiger partial charge in [-0.05, 0) is 37.0 Å². The second-order valence-corrected chi connectivity index (χ2v) is 4.69. The summed E-state index contributed by atoms with van der Waals surface area (Å²) in [5.41, 5.74) is 6.91. The molecule has 1 aliphatic rings. The number of halogens is 1. The van der Waals surface area contributed by atoms with Crippen molar-refractivity contribution in [2.24, 2.45) is 5.73 Å². The Morgan fingerprint density at radius 1 is 1.50 bits per heavy atom. The Morgan fingerprint density at radius 2 is 2.25 bits per heavy atom. The van der Waals surface area contributed by atoms with Crippen molar-refractivity contribution in [1.82, 2.24) is 0 Å². The zero-order chi connectivity index (χ0) is 11.6. The summed E-state index contributed by atoms with van der Waals surface area (Å²) in [6, 6.07) is 7.61. The first kappa shape index (κ1) is 11.4. The Labute approximate surface area is 95.6 Å². The topological polar surface area (TPSA) is 35.2 Å². The van der Waals surface area contributed by atoms with Crippen LogP contribution in [0, 0.1) is 0 Å². The van der Waals surface area contributed by atoms with Crippen LogP contribution in [0.5, 0.6) is 5.75 Å². The number of benzene rings is 1. The fourth-order valence-corrected chi connectivity index (χ4v) is 2.01. The molecule has 0 radical (unpaired) electrons. The van der Waals surface area contributed by atoms with Gasteiger partial charge in [0.15, 0.2) is 0 Å². The second kappa shape index (κ2) is 4.42. The minimum absolute atomic E-state index is 0.0948. The van der Waals surface area contributed by atoms with Crippen molar-refractivity contribution in [2.75, 3.05) is 13.8 Å². The predicted molar refractivity (Wildman–Crippen MR) is 62.5 cm³/mol. The van der Waals surface area contributed by atoms with Crippen LogP contribution in [0.4, 0.5) is 4.39 Å². The summed E-state index contributed by atoms with van der Waals surface area (Å²) < 4.78 is 18.2. The van der Waals surface area contributed by atoms with Gasteiger partial charge in [0.05, 0.1) is 13.8 Å². The number of hydrogen-bond donors (Lipinski definition) is 1. The molecule has 88 valence electrons. The molecular formula is C13H18FNO. The van der Waals surface area contributed by atoms with Gasteiger partial charge in [0, 0.05) is 11.5 Å². The lowest BCUT2D eigenvalue weighted by molar-refractivity contribution is 0.384. The smallest absolute Gasteiger partial charge is 0.119 e. The maximum atomic E-state index is 13.0. The van der Waals surface area contributed by atoms with Crippen LogP contribution in [0.15, 0.2) is 24.3 Å². The molecule has 0 aliphatic heterocycles. The molecule has 0 aromatic heterocycles. The van der Waals surface area contributed by atoms with Gasteiger partial charge in [0.1, 0.15) is 5.75 Å². The fourth-order valence-electron chi connectivity index (χ4n) is 2.01. The highest BCUT2D eigenvalue weighted by Gasteiger charge is 2.40. The van der Waals surface area contributed by atoms with Gasteiger partial charge < -0.3 is 10.5 Å². The van der Waals surface area contributed by atoms with E-state index in [0.717, 1.165) is 30.6 Å². The zero-order valence-electron chi connectivity index (χ0n) is 9.58. The van der Waals surface area contributed by atoms with Gasteiger partial charge in [0.2, 0.25) is 0 Å². The molecule has 0 spiro atoms. The standard InChI is InChI=1S/C13H18FNO/c1-16-12-4-2-3-10(7-12)11(9-14)8-13(15)5-6-13/h2-4,7,11H,5-6,8-9,15H2,1H3. The lowest BCUT2D eigenvalue weighted by Crippen LogP contribution is -2.25. The number of ether oxygens (including phenoxy) is 1. The molecule has 1 unspecified atom stereocenters. The van der Waals surface area contributed by atoms with E-state index >= 15 is 0 Å². The van der Waals surface area contributed by atoms with Crippen LogP contribution in [0.2, 0.25) is 0 Å². The van der Waals surface area contributed by atoms with Gasteiger partial charge in [-0.3, -0.25) is 4.39 Å². The van der Waals surface area contributed by atoms with Crippen molar-refractivity contribution in [3.63, 3.8) is 0 Å². The van der Waals surface area contributed by atoms with Crippen molar-refractivity contribution in [3.05, 3.63) is 29.8 Å². The van der Waals surface area contributed by atoms with Crippen LogP contribution in [0.1, 0.15) is 30.7 Å². The highest BCUT2D eigenvalue weighted by atomic mass is 19.1. The molecule has 2 nitrogen and oxygen atoms in total. The van der Waals surface area contributed by atoms with Crippen LogP contribution in [0.3, 0.4) is 0 Å². The van der Waals surface area contributed by atoms with E-state index in [-0.39, 0.29) is 18.1 Å². The number of rotatable bonds is 5. The highest BCUT2D eigenvalue weighted by Crippen LogP contribution is 2.41. The quantitative estimate of drug-likeness (QED) is 0.832. The lowest BCUT2D eigenvalue weighted by atomic mass is 9.92. The first-order valence-electron chi connectivity index (χ1n) is 5.66. The van der Waals surface area contributed by atoms with Gasteiger partial charge in [0.25, 0.3) is 0 Å². The van der Waals surface area contributed by atoms with Gasteiger partial charge in [-0.15, -0.1) is 0 Å². The Hall–Kier alpha value is -1.09. The Morgan fingerprint density at radius 3 is 2.81 bits per heavy atom. The molecule has 16 heavy (non-hydrogen) atoms. The summed E-state index contributed by atoms with van der Waals surface area (Å²) in [6.07, 6.45) is 2.78. The fraction of sp³-hybridized carbons (Fsp3) is 0.538. The number of nitrogens with two attached hydrogens (primary N) is 1. The third kappa shape index (κ3) is 2.53. The van der Waals surface area contributed by atoms with Crippen LogP contribution in [0.25, 0.3) is 0 Å². The van der Waals surface area contributed by atoms with Gasteiger partial charge in [-0.1, -0.05) is 12.1 Å². The van der Waals surface area contributed by atoms with Crippen LogP contribution < -0.4 is 10.5 Å². The van der Waals surface area contributed by atoms with E-state index in [1.165, 1.54) is 0 Å². The van der Waals surface area contributed by atoms with E-state index in [0.29, 0.717) is 0 Å². The molecule has 1 aromatic carbocycles. The van der Waals surface area contributed by atoms with Crippen molar-refractivity contribution in [2.45, 2.75) is 30.7 Å². The van der Waals surface area contributed by atoms with E-state index in [2.05, 4.69) is 0 Å². The average Bonchev–Trinajstić information content (AvgIpc) is 3.04. The summed E-state index contributed by atoms with van der Waals surface area (Å²) in [7, 11) is 1.62. The Kier molecular flexibility index (Phi) is 3.15. The summed E-state index contributed by atoms with van der Waals surface area (Å²) in [6.45, 7) is -0.355. The van der Waals surface area contributed by atoms with Crippen molar-refractivity contribution in [3.8, 4) is 5.75 Å². The highest BCUT2D eigenvalue weighted by molar-refractivity contribution is 5.31. The van der Waals surface area contributed by atoms with Crippen LogP contribution in [-0.2, 0) is 0 Å². The van der Waals surface area contributed by atoms with Crippen LogP contribution in [-0.4, -0.2) is 19.3 Å². The first-order valence-corrected chi connectivity index (χ1v) is 5.66. The molecule has 1 fully saturated rings. The molecule has 1 aliphatic carbocycles. The molecule has 1 aromatic rings. The molecule has 0 saturated heterocycles. The zero-order valence-corrected chi connectivity index (χ0v) is 9.58. The van der Waals surface area contributed by atoms with Crippen molar-refractivity contribution < 1.29 is 9.13 Å². The lowest BCUT2D eigenvalue weighted by Gasteiger charge is -2.18. The van der Waals surface area contributed by atoms with Crippen molar-refractivity contribution >= 4 is 0 Å². The molecule has 2 rings (SSSR count). The monoisotopic (exact) mass is 223 g/mol. The minimum atomic E-state index is -0.355. The third-order valence-corrected chi connectivity index (χ3v) is 3.30. The molecule has 3 heteroatoms. The minimum Gasteiger partial charge on any atom is -0.497 e. The summed E-state index contributed by atoms with van der Waals surface area (Å²) in [4.78, 5) is 0. The SMILES string of the molecule is COc1cccc(C(CF)CC2(N)CC2)c1. The second-order valence-electron chi connectivity index (χ2n) is 4.69. The average molecular weight is 223 g/mol. The Bertz CT molecular complexity index is 363. The molecule has 0 heterocycles. The first-order chi connectivity index (χ1) is 7.67. The molecule has 2 N–H and O–H groups in total. The molecule has 0 amide bonds. The van der Waals surface area contributed by atoms with E-state index in [1.807, 2.05) is 24.3 Å². The molecular weight excluding hydrogens is 205 g/mol. The van der Waals surface area contributed by atoms with Crippen molar-refractivity contribution in [1.29, 1.82) is 0 Å². The maximum absolute atomic E-state index is 13.0.